The van der Waals surface area contributed by atoms with E-state index in [-0.39, 0.29) is 18.1 Å². The van der Waals surface area contributed by atoms with E-state index in [4.69, 9.17) is 4.74 Å². The van der Waals surface area contributed by atoms with Crippen LogP contribution in [0.25, 0.3) is 6.08 Å². The maximum absolute atomic E-state index is 13.2. The summed E-state index contributed by atoms with van der Waals surface area (Å²) < 4.78 is 5.81. The predicted molar refractivity (Wildman–Crippen MR) is 136 cm³/mol. The van der Waals surface area contributed by atoms with Crippen molar-refractivity contribution in [2.45, 2.75) is 98.9 Å². The first-order valence-corrected chi connectivity index (χ1v) is 13.1. The van der Waals surface area contributed by atoms with Crippen LogP contribution in [0.3, 0.4) is 0 Å². The molecule has 1 aliphatic rings. The van der Waals surface area contributed by atoms with E-state index in [1.807, 2.05) is 32.2 Å². The van der Waals surface area contributed by atoms with Crippen LogP contribution in [0.4, 0.5) is 0 Å². The molecule has 6 nitrogen and oxygen atoms in total. The number of allylic oxidation sites excluding steroid dienone is 1. The van der Waals surface area contributed by atoms with Crippen LogP contribution in [-0.4, -0.2) is 45.3 Å². The third-order valence-corrected chi connectivity index (χ3v) is 7.83. The maximum Gasteiger partial charge on any atom is 0.309 e. The van der Waals surface area contributed by atoms with Crippen LogP contribution >= 0.6 is 11.3 Å². The summed E-state index contributed by atoms with van der Waals surface area (Å²) in [6.07, 6.45) is 4.33. The second-order valence-corrected chi connectivity index (χ2v) is 11.5. The number of esters is 1. The number of Topliss-reactive ketones (excluding diaryl/α,β-unsaturated/α-hetero) is 1. The van der Waals surface area contributed by atoms with E-state index in [0.717, 1.165) is 35.5 Å². The third kappa shape index (κ3) is 7.59. The summed E-state index contributed by atoms with van der Waals surface area (Å²) in [5.74, 6) is -1.49. The van der Waals surface area contributed by atoms with Gasteiger partial charge in [-0.2, -0.15) is 0 Å². The number of hydrogen-bond donors (Lipinski definition) is 2. The molecular weight excluding hydrogens is 450 g/mol. The first kappa shape index (κ1) is 28.4. The first-order chi connectivity index (χ1) is 15.8. The molecule has 2 rings (SSSR count). The number of ketones is 1. The van der Waals surface area contributed by atoms with Crippen molar-refractivity contribution in [1.29, 1.82) is 0 Å². The number of nitrogens with zero attached hydrogens (tertiary/aromatic N) is 1. The van der Waals surface area contributed by atoms with Gasteiger partial charge in [0.25, 0.3) is 0 Å². The predicted octanol–water partition coefficient (Wildman–Crippen LogP) is 5.27. The fraction of sp³-hybridized carbons (Fsp3) is 0.667. The van der Waals surface area contributed by atoms with Crippen molar-refractivity contribution >= 4 is 29.2 Å². The molecule has 0 unspecified atom stereocenters. The van der Waals surface area contributed by atoms with Gasteiger partial charge in [0.15, 0.2) is 0 Å². The Labute approximate surface area is 208 Å². The lowest BCUT2D eigenvalue weighted by Gasteiger charge is -2.34. The molecule has 0 spiro atoms. The minimum atomic E-state index is -1.21. The Morgan fingerprint density at radius 2 is 1.91 bits per heavy atom. The van der Waals surface area contributed by atoms with Crippen LogP contribution < -0.4 is 0 Å². The average molecular weight is 492 g/mol. The van der Waals surface area contributed by atoms with E-state index in [1.54, 1.807) is 32.1 Å². The summed E-state index contributed by atoms with van der Waals surface area (Å²) >= 11 is 1.56. The van der Waals surface area contributed by atoms with Gasteiger partial charge >= 0.3 is 5.97 Å². The molecule has 0 aromatic carbocycles. The van der Waals surface area contributed by atoms with E-state index in [0.29, 0.717) is 6.42 Å². The van der Waals surface area contributed by atoms with Crippen molar-refractivity contribution in [3.63, 3.8) is 0 Å². The lowest BCUT2D eigenvalue weighted by Crippen LogP contribution is -2.45. The molecule has 0 fully saturated rings. The number of hydrogen-bond acceptors (Lipinski definition) is 7. The Morgan fingerprint density at radius 1 is 1.24 bits per heavy atom. The quantitative estimate of drug-likeness (QED) is 0.432. The highest BCUT2D eigenvalue weighted by Crippen LogP contribution is 2.32. The number of rotatable bonds is 2. The van der Waals surface area contributed by atoms with Crippen molar-refractivity contribution in [1.82, 2.24) is 4.98 Å². The third-order valence-electron chi connectivity index (χ3n) is 7.04. The van der Waals surface area contributed by atoms with Crippen molar-refractivity contribution in [2.75, 3.05) is 0 Å². The zero-order valence-electron chi connectivity index (χ0n) is 21.6. The van der Waals surface area contributed by atoms with Gasteiger partial charge in [-0.15, -0.1) is 11.3 Å². The largest absolute Gasteiger partial charge is 0.457 e. The number of aliphatic hydroxyl groups excluding tert-OH is 2. The van der Waals surface area contributed by atoms with Crippen LogP contribution in [0.2, 0.25) is 0 Å². The van der Waals surface area contributed by atoms with Gasteiger partial charge in [0.1, 0.15) is 11.9 Å². The van der Waals surface area contributed by atoms with Gasteiger partial charge < -0.3 is 14.9 Å². The van der Waals surface area contributed by atoms with Gasteiger partial charge in [0, 0.05) is 17.7 Å². The molecule has 2 heterocycles. The molecule has 0 radical (unpaired) electrons. The van der Waals surface area contributed by atoms with Crippen molar-refractivity contribution < 1.29 is 24.5 Å². The fourth-order valence-electron chi connectivity index (χ4n) is 4.40. The van der Waals surface area contributed by atoms with E-state index in [2.05, 4.69) is 18.0 Å². The molecule has 0 aliphatic carbocycles. The van der Waals surface area contributed by atoms with Gasteiger partial charge in [0.2, 0.25) is 0 Å². The van der Waals surface area contributed by atoms with Gasteiger partial charge in [-0.3, -0.25) is 9.59 Å². The van der Waals surface area contributed by atoms with E-state index in [1.165, 1.54) is 5.57 Å². The average Bonchev–Trinajstić information content (AvgIpc) is 3.18. The van der Waals surface area contributed by atoms with Crippen molar-refractivity contribution in [3.05, 3.63) is 33.3 Å². The summed E-state index contributed by atoms with van der Waals surface area (Å²) in [5.41, 5.74) is 1.71. The zero-order valence-corrected chi connectivity index (χ0v) is 22.4. The lowest BCUT2D eigenvalue weighted by molar-refractivity contribution is -0.154. The number of thiazole rings is 1. The standard InChI is InChI=1S/C27H41NO5S/c1-16-9-8-10-17(2)25(31)19(4)26(32)27(6,7)23(29)14-24(30)33-22(12-11-16)18(3)13-21-15-34-20(5)28-21/h11,13,15,17,19,22-23,25,29,31H,8-10,12,14H2,1-7H3/b16-11+,18-13-/t17-,19+,22-,23-,25-/m0/s1. The second-order valence-electron chi connectivity index (χ2n) is 10.4. The van der Waals surface area contributed by atoms with E-state index < -0.39 is 35.6 Å². The molecule has 34 heavy (non-hydrogen) atoms. The summed E-state index contributed by atoms with van der Waals surface area (Å²) in [4.78, 5) is 30.5. The Balaban J connectivity index is 2.33. The monoisotopic (exact) mass is 491 g/mol. The summed E-state index contributed by atoms with van der Waals surface area (Å²) in [6, 6.07) is 0. The summed E-state index contributed by atoms with van der Waals surface area (Å²) in [6.45, 7) is 12.8. The number of aromatic nitrogens is 1. The Bertz CT molecular complexity index is 916. The Morgan fingerprint density at radius 3 is 2.53 bits per heavy atom. The normalized spacial score (nSPS) is 32.1. The van der Waals surface area contributed by atoms with Crippen LogP contribution in [0.1, 0.15) is 84.3 Å². The molecule has 1 aliphatic heterocycles. The molecule has 1 aromatic rings. The first-order valence-electron chi connectivity index (χ1n) is 12.2. The van der Waals surface area contributed by atoms with Gasteiger partial charge in [-0.1, -0.05) is 39.3 Å². The number of cyclic esters (lactones) is 1. The van der Waals surface area contributed by atoms with Crippen LogP contribution in [0.15, 0.2) is 22.6 Å². The molecule has 5 atom stereocenters. The van der Waals surface area contributed by atoms with Crippen LogP contribution in [-0.2, 0) is 14.3 Å². The smallest absolute Gasteiger partial charge is 0.309 e. The fourth-order valence-corrected chi connectivity index (χ4v) is 4.97. The Kier molecular flexibility index (Phi) is 10.2. The number of carbonyl (C=O) groups excluding carboxylic acids is 2. The number of ether oxygens (including phenoxy) is 1. The lowest BCUT2D eigenvalue weighted by atomic mass is 9.73. The van der Waals surface area contributed by atoms with Gasteiger partial charge in [0.05, 0.1) is 34.7 Å². The molecule has 190 valence electrons. The molecule has 0 bridgehead atoms. The zero-order chi connectivity index (χ0) is 25.6. The molecule has 7 heteroatoms. The SMILES string of the molecule is C/C(=C/c1csc(C)n1)[C@@H]1C/C=C(\C)CCC[C@H](C)[C@H](O)[C@@H](C)C(=O)C(C)(C)[C@@H](O)CC(=O)O1. The highest BCUT2D eigenvalue weighted by molar-refractivity contribution is 7.09. The van der Waals surface area contributed by atoms with Gasteiger partial charge in [-0.25, -0.2) is 4.98 Å². The highest BCUT2D eigenvalue weighted by atomic mass is 32.1. The molecule has 0 saturated carbocycles. The van der Waals surface area contributed by atoms with Crippen molar-refractivity contribution in [2.24, 2.45) is 17.3 Å². The molecule has 1 aromatic heterocycles. The van der Waals surface area contributed by atoms with E-state index in [9.17, 15) is 19.8 Å². The summed E-state index contributed by atoms with van der Waals surface area (Å²) in [5, 5.41) is 24.5. The molecule has 0 saturated heterocycles. The highest BCUT2D eigenvalue weighted by Gasteiger charge is 2.42. The van der Waals surface area contributed by atoms with Gasteiger partial charge in [-0.05, 0) is 57.6 Å². The van der Waals surface area contributed by atoms with Crippen molar-refractivity contribution in [3.8, 4) is 0 Å². The maximum atomic E-state index is 13.2. The molecular formula is C27H41NO5S. The summed E-state index contributed by atoms with van der Waals surface area (Å²) in [7, 11) is 0. The molecule has 0 amide bonds. The molecule has 2 N–H and O–H groups in total. The Hall–Kier alpha value is -1.83. The minimum absolute atomic E-state index is 0.0444. The second kappa shape index (κ2) is 12.2. The number of aliphatic hydroxyl groups is 2. The number of carbonyl (C=O) groups is 2. The topological polar surface area (TPSA) is 96.7 Å². The van der Waals surface area contributed by atoms with E-state index >= 15 is 0 Å². The van der Waals surface area contributed by atoms with Crippen LogP contribution in [0, 0.1) is 24.2 Å². The minimum Gasteiger partial charge on any atom is -0.457 e. The number of aryl methyl sites for hydroxylation is 1. The van der Waals surface area contributed by atoms with Crippen LogP contribution in [0.5, 0.6) is 0 Å².